The van der Waals surface area contributed by atoms with Crippen molar-refractivity contribution in [3.63, 3.8) is 0 Å². The van der Waals surface area contributed by atoms with Crippen LogP contribution in [-0.4, -0.2) is 36.3 Å². The van der Waals surface area contributed by atoms with Crippen LogP contribution in [0.15, 0.2) is 22.7 Å². The van der Waals surface area contributed by atoms with Crippen molar-refractivity contribution < 1.29 is 9.59 Å². The van der Waals surface area contributed by atoms with Crippen LogP contribution in [0.5, 0.6) is 0 Å². The molecule has 0 aliphatic heterocycles. The molecule has 1 atom stereocenters. The molecule has 1 rings (SSSR count). The predicted octanol–water partition coefficient (Wildman–Crippen LogP) is 2.65. The van der Waals surface area contributed by atoms with Crippen molar-refractivity contribution in [2.75, 3.05) is 13.6 Å². The zero-order valence-electron chi connectivity index (χ0n) is 11.0. The van der Waals surface area contributed by atoms with Crippen LogP contribution in [0.2, 0.25) is 0 Å². The van der Waals surface area contributed by atoms with Gasteiger partial charge in [-0.3, -0.25) is 9.59 Å². The smallest absolute Gasteiger partial charge is 0.253 e. The molecular formula is C13H16BrIN2O2. The lowest BCUT2D eigenvalue weighted by molar-refractivity contribution is -0.131. The third-order valence-corrected chi connectivity index (χ3v) is 4.10. The normalized spacial score (nSPS) is 11.8. The topological polar surface area (TPSA) is 49.4 Å². The minimum atomic E-state index is -0.540. The molecule has 1 N–H and O–H groups in total. The quantitative estimate of drug-likeness (QED) is 0.734. The molecule has 0 bridgehead atoms. The van der Waals surface area contributed by atoms with E-state index in [0.717, 1.165) is 3.57 Å². The predicted molar refractivity (Wildman–Crippen MR) is 87.1 cm³/mol. The van der Waals surface area contributed by atoms with Crippen molar-refractivity contribution in [3.8, 4) is 0 Å². The molecule has 0 heterocycles. The van der Waals surface area contributed by atoms with E-state index >= 15 is 0 Å². The van der Waals surface area contributed by atoms with Gasteiger partial charge in [0.1, 0.15) is 6.04 Å². The molecular weight excluding hydrogens is 423 g/mol. The highest BCUT2D eigenvalue weighted by atomic mass is 127. The summed E-state index contributed by atoms with van der Waals surface area (Å²) in [5, 5.41) is 2.72. The summed E-state index contributed by atoms with van der Waals surface area (Å²) >= 11 is 5.48. The van der Waals surface area contributed by atoms with Crippen LogP contribution < -0.4 is 5.32 Å². The molecule has 0 aromatic heterocycles. The number of rotatable bonds is 4. The Labute approximate surface area is 135 Å². The highest BCUT2D eigenvalue weighted by Crippen LogP contribution is 2.19. The Bertz CT molecular complexity index is 494. The third-order valence-electron chi connectivity index (χ3n) is 2.74. The van der Waals surface area contributed by atoms with Crippen LogP contribution in [0.3, 0.4) is 0 Å². The van der Waals surface area contributed by atoms with Crippen LogP contribution in [0, 0.1) is 3.57 Å². The summed E-state index contributed by atoms with van der Waals surface area (Å²) in [5.74, 6) is -0.353. The number of nitrogens with one attached hydrogen (secondary N) is 1. The van der Waals surface area contributed by atoms with Gasteiger partial charge >= 0.3 is 0 Å². The Morgan fingerprint density at radius 1 is 1.47 bits per heavy atom. The fourth-order valence-corrected chi connectivity index (χ4v) is 2.41. The monoisotopic (exact) mass is 438 g/mol. The summed E-state index contributed by atoms with van der Waals surface area (Å²) < 4.78 is 1.68. The summed E-state index contributed by atoms with van der Waals surface area (Å²) in [7, 11) is 1.71. The molecule has 1 aromatic rings. The highest BCUT2D eigenvalue weighted by Gasteiger charge is 2.20. The standard InChI is InChI=1S/C13H16BrIN2O2/c1-4-17(3)13(19)8(2)16-12(18)10-7-9(15)5-6-11(10)14/h5-8H,4H2,1-3H3,(H,16,18). The maximum atomic E-state index is 12.1. The number of halogens is 2. The van der Waals surface area contributed by atoms with Crippen molar-refractivity contribution in [1.82, 2.24) is 10.2 Å². The Balaban J connectivity index is 2.80. The van der Waals surface area contributed by atoms with Gasteiger partial charge in [-0.05, 0) is 70.6 Å². The first-order chi connectivity index (χ1) is 8.86. The Morgan fingerprint density at radius 3 is 2.68 bits per heavy atom. The number of likely N-dealkylation sites (N-methyl/N-ethyl adjacent to an activating group) is 1. The second-order valence-corrected chi connectivity index (χ2v) is 6.27. The van der Waals surface area contributed by atoms with E-state index in [0.29, 0.717) is 16.6 Å². The van der Waals surface area contributed by atoms with Gasteiger partial charge in [-0.2, -0.15) is 0 Å². The molecule has 6 heteroatoms. The van der Waals surface area contributed by atoms with E-state index in [-0.39, 0.29) is 11.8 Å². The van der Waals surface area contributed by atoms with E-state index in [4.69, 9.17) is 0 Å². The van der Waals surface area contributed by atoms with Gasteiger partial charge in [-0.1, -0.05) is 0 Å². The van der Waals surface area contributed by atoms with Gasteiger partial charge in [-0.25, -0.2) is 0 Å². The first kappa shape index (κ1) is 16.4. The number of amides is 2. The van der Waals surface area contributed by atoms with Gasteiger partial charge in [0.05, 0.1) is 5.56 Å². The Kier molecular flexibility index (Phi) is 6.25. The largest absolute Gasteiger partial charge is 0.344 e. The fourth-order valence-electron chi connectivity index (χ4n) is 1.49. The zero-order valence-corrected chi connectivity index (χ0v) is 14.8. The van der Waals surface area contributed by atoms with Crippen LogP contribution in [-0.2, 0) is 4.79 Å². The lowest BCUT2D eigenvalue weighted by Crippen LogP contribution is -2.45. The van der Waals surface area contributed by atoms with E-state index in [2.05, 4.69) is 43.8 Å². The van der Waals surface area contributed by atoms with Gasteiger partial charge in [0.25, 0.3) is 5.91 Å². The lowest BCUT2D eigenvalue weighted by atomic mass is 10.2. The Hall–Kier alpha value is -0.630. The van der Waals surface area contributed by atoms with Gasteiger partial charge in [-0.15, -0.1) is 0 Å². The number of carbonyl (C=O) groups is 2. The SMILES string of the molecule is CCN(C)C(=O)C(C)NC(=O)c1cc(I)ccc1Br. The van der Waals surface area contributed by atoms with E-state index < -0.39 is 6.04 Å². The maximum Gasteiger partial charge on any atom is 0.253 e. The van der Waals surface area contributed by atoms with Gasteiger partial charge in [0, 0.05) is 21.6 Å². The minimum absolute atomic E-state index is 0.0994. The van der Waals surface area contributed by atoms with Gasteiger partial charge < -0.3 is 10.2 Å². The Morgan fingerprint density at radius 2 is 2.11 bits per heavy atom. The van der Waals surface area contributed by atoms with Crippen molar-refractivity contribution in [3.05, 3.63) is 31.8 Å². The van der Waals surface area contributed by atoms with Crippen LogP contribution in [0.1, 0.15) is 24.2 Å². The lowest BCUT2D eigenvalue weighted by Gasteiger charge is -2.20. The van der Waals surface area contributed by atoms with Crippen LogP contribution in [0.4, 0.5) is 0 Å². The summed E-state index contributed by atoms with van der Waals surface area (Å²) in [6.45, 7) is 4.20. The molecule has 104 valence electrons. The molecule has 0 aliphatic rings. The molecule has 19 heavy (non-hydrogen) atoms. The van der Waals surface area contributed by atoms with E-state index in [1.807, 2.05) is 19.1 Å². The van der Waals surface area contributed by atoms with Crippen molar-refractivity contribution >= 4 is 50.3 Å². The fraction of sp³-hybridized carbons (Fsp3) is 0.385. The molecule has 0 spiro atoms. The number of hydrogen-bond donors (Lipinski definition) is 1. The minimum Gasteiger partial charge on any atom is -0.344 e. The highest BCUT2D eigenvalue weighted by molar-refractivity contribution is 14.1. The van der Waals surface area contributed by atoms with Gasteiger partial charge in [0.15, 0.2) is 0 Å². The molecule has 0 radical (unpaired) electrons. The second kappa shape index (κ2) is 7.23. The zero-order chi connectivity index (χ0) is 14.6. The van der Waals surface area contributed by atoms with E-state index in [9.17, 15) is 9.59 Å². The third kappa shape index (κ3) is 4.45. The molecule has 0 fully saturated rings. The number of carbonyl (C=O) groups excluding carboxylic acids is 2. The van der Waals surface area contributed by atoms with Gasteiger partial charge in [0.2, 0.25) is 5.91 Å². The summed E-state index contributed by atoms with van der Waals surface area (Å²) in [4.78, 5) is 25.6. The average Bonchev–Trinajstić information content (AvgIpc) is 2.39. The molecule has 2 amide bonds. The van der Waals surface area contributed by atoms with Crippen molar-refractivity contribution in [1.29, 1.82) is 0 Å². The average molecular weight is 439 g/mol. The summed E-state index contributed by atoms with van der Waals surface area (Å²) in [5.41, 5.74) is 0.533. The second-order valence-electron chi connectivity index (χ2n) is 4.17. The van der Waals surface area contributed by atoms with E-state index in [1.54, 1.807) is 24.9 Å². The molecule has 0 aliphatic carbocycles. The van der Waals surface area contributed by atoms with Crippen LogP contribution >= 0.6 is 38.5 Å². The number of hydrogen-bond acceptors (Lipinski definition) is 2. The first-order valence-corrected chi connectivity index (χ1v) is 7.74. The van der Waals surface area contributed by atoms with E-state index in [1.165, 1.54) is 0 Å². The molecule has 1 unspecified atom stereocenters. The molecule has 4 nitrogen and oxygen atoms in total. The van der Waals surface area contributed by atoms with Crippen LogP contribution in [0.25, 0.3) is 0 Å². The first-order valence-electron chi connectivity index (χ1n) is 5.87. The number of nitrogens with zero attached hydrogens (tertiary/aromatic N) is 1. The molecule has 1 aromatic carbocycles. The molecule has 0 saturated carbocycles. The summed E-state index contributed by atoms with van der Waals surface area (Å²) in [6.07, 6.45) is 0. The maximum absolute atomic E-state index is 12.1. The summed E-state index contributed by atoms with van der Waals surface area (Å²) in [6, 6.07) is 4.96. The van der Waals surface area contributed by atoms with Crippen molar-refractivity contribution in [2.45, 2.75) is 19.9 Å². The number of benzene rings is 1. The van der Waals surface area contributed by atoms with Crippen molar-refractivity contribution in [2.24, 2.45) is 0 Å². The molecule has 0 saturated heterocycles.